The number of hydrogen-bond acceptors (Lipinski definition) is 2. The molecule has 0 aliphatic heterocycles. The molecule has 0 saturated heterocycles. The van der Waals surface area contributed by atoms with Gasteiger partial charge < -0.3 is 5.32 Å². The number of hydrogen-bond donors (Lipinski definition) is 1. The zero-order valence-corrected chi connectivity index (χ0v) is 13.4. The van der Waals surface area contributed by atoms with E-state index in [9.17, 15) is 0 Å². The molecule has 1 aromatic heterocycles. The Bertz CT molecular complexity index is 372. The van der Waals surface area contributed by atoms with Crippen LogP contribution in [0, 0.1) is 17.3 Å². The van der Waals surface area contributed by atoms with Crippen LogP contribution in [-0.2, 0) is 6.42 Å². The first-order valence-corrected chi connectivity index (χ1v) is 8.15. The van der Waals surface area contributed by atoms with Crippen LogP contribution >= 0.6 is 0 Å². The first kappa shape index (κ1) is 15.5. The van der Waals surface area contributed by atoms with Gasteiger partial charge in [0.1, 0.15) is 0 Å². The molecule has 1 saturated carbocycles. The van der Waals surface area contributed by atoms with Crippen LogP contribution in [-0.4, -0.2) is 18.1 Å². The lowest BCUT2D eigenvalue weighted by atomic mass is 9.70. The van der Waals surface area contributed by atoms with Crippen molar-refractivity contribution in [2.45, 2.75) is 52.9 Å². The molecule has 0 amide bonds. The van der Waals surface area contributed by atoms with Crippen LogP contribution < -0.4 is 5.32 Å². The summed E-state index contributed by atoms with van der Waals surface area (Å²) in [5.41, 5.74) is 1.88. The molecule has 112 valence electrons. The van der Waals surface area contributed by atoms with Crippen molar-refractivity contribution in [1.82, 2.24) is 10.3 Å². The van der Waals surface area contributed by atoms with E-state index in [0.717, 1.165) is 24.8 Å². The van der Waals surface area contributed by atoms with Crippen LogP contribution in [0.2, 0.25) is 0 Å². The van der Waals surface area contributed by atoms with Gasteiger partial charge in [0.05, 0.1) is 0 Å². The van der Waals surface area contributed by atoms with Gasteiger partial charge in [-0.3, -0.25) is 4.98 Å². The van der Waals surface area contributed by atoms with Crippen molar-refractivity contribution in [1.29, 1.82) is 0 Å². The predicted octanol–water partition coefficient (Wildman–Crippen LogP) is 4.07. The van der Waals surface area contributed by atoms with E-state index in [1.165, 1.54) is 37.8 Å². The third-order valence-corrected chi connectivity index (χ3v) is 4.84. The molecule has 2 nitrogen and oxygen atoms in total. The second kappa shape index (κ2) is 7.21. The Balaban J connectivity index is 1.60. The highest BCUT2D eigenvalue weighted by Gasteiger charge is 2.29. The summed E-state index contributed by atoms with van der Waals surface area (Å²) in [5.74, 6) is 1.82. The van der Waals surface area contributed by atoms with E-state index in [1.54, 1.807) is 0 Å². The van der Waals surface area contributed by atoms with Crippen LogP contribution in [0.15, 0.2) is 24.5 Å². The van der Waals surface area contributed by atoms with Gasteiger partial charge in [0.25, 0.3) is 0 Å². The Morgan fingerprint density at radius 1 is 1.10 bits per heavy atom. The smallest absolute Gasteiger partial charge is 0.0270 e. The van der Waals surface area contributed by atoms with E-state index >= 15 is 0 Å². The minimum Gasteiger partial charge on any atom is -0.316 e. The lowest BCUT2D eigenvalue weighted by Gasteiger charge is -2.37. The zero-order chi connectivity index (χ0) is 14.4. The summed E-state index contributed by atoms with van der Waals surface area (Å²) >= 11 is 0. The van der Waals surface area contributed by atoms with Gasteiger partial charge in [0.2, 0.25) is 0 Å². The third-order valence-electron chi connectivity index (χ3n) is 4.84. The maximum Gasteiger partial charge on any atom is 0.0270 e. The Kier molecular flexibility index (Phi) is 5.59. The molecule has 1 aliphatic rings. The molecule has 0 bridgehead atoms. The van der Waals surface area contributed by atoms with Crippen molar-refractivity contribution in [2.24, 2.45) is 17.3 Å². The molecule has 0 aromatic carbocycles. The maximum absolute atomic E-state index is 4.05. The Hall–Kier alpha value is -0.890. The van der Waals surface area contributed by atoms with E-state index in [0.29, 0.717) is 5.41 Å². The fourth-order valence-electron chi connectivity index (χ4n) is 3.32. The minimum absolute atomic E-state index is 0.500. The van der Waals surface area contributed by atoms with E-state index in [1.807, 2.05) is 12.4 Å². The molecule has 20 heavy (non-hydrogen) atoms. The van der Waals surface area contributed by atoms with Crippen molar-refractivity contribution >= 4 is 0 Å². The van der Waals surface area contributed by atoms with Crippen LogP contribution in [0.4, 0.5) is 0 Å². The maximum atomic E-state index is 4.05. The van der Waals surface area contributed by atoms with Gasteiger partial charge >= 0.3 is 0 Å². The van der Waals surface area contributed by atoms with Crippen molar-refractivity contribution in [3.05, 3.63) is 30.1 Å². The summed E-state index contributed by atoms with van der Waals surface area (Å²) in [6, 6.07) is 4.21. The summed E-state index contributed by atoms with van der Waals surface area (Å²) in [6.45, 7) is 9.46. The van der Waals surface area contributed by atoms with Crippen molar-refractivity contribution in [3.8, 4) is 0 Å². The van der Waals surface area contributed by atoms with Gasteiger partial charge in [-0.1, -0.05) is 20.8 Å². The second-order valence-electron chi connectivity index (χ2n) is 7.39. The van der Waals surface area contributed by atoms with Crippen LogP contribution in [0.25, 0.3) is 0 Å². The highest BCUT2D eigenvalue weighted by molar-refractivity contribution is 5.09. The monoisotopic (exact) mass is 274 g/mol. The molecule has 0 atom stereocenters. The highest BCUT2D eigenvalue weighted by Crippen LogP contribution is 2.39. The second-order valence-corrected chi connectivity index (χ2v) is 7.39. The molecular weight excluding hydrogens is 244 g/mol. The summed E-state index contributed by atoms with van der Waals surface area (Å²) < 4.78 is 0. The number of nitrogens with one attached hydrogen (secondary N) is 1. The summed E-state index contributed by atoms with van der Waals surface area (Å²) in [4.78, 5) is 4.05. The van der Waals surface area contributed by atoms with Crippen LogP contribution in [0.5, 0.6) is 0 Å². The van der Waals surface area contributed by atoms with Crippen molar-refractivity contribution in [2.75, 3.05) is 13.1 Å². The third kappa shape index (κ3) is 4.90. The Labute approximate surface area is 124 Å². The van der Waals surface area contributed by atoms with Gasteiger partial charge in [0, 0.05) is 12.4 Å². The largest absolute Gasteiger partial charge is 0.316 e. The number of nitrogens with zero attached hydrogens (tertiary/aromatic N) is 1. The highest BCUT2D eigenvalue weighted by atomic mass is 14.9. The summed E-state index contributed by atoms with van der Waals surface area (Å²) in [5, 5.41) is 3.64. The standard InChI is InChI=1S/C18H30N2/c1-18(2,3)17-6-4-16(5-7-17)14-20-13-10-15-8-11-19-12-9-15/h8-9,11-12,16-17,20H,4-7,10,13-14H2,1-3H3. The molecule has 0 unspecified atom stereocenters. The quantitative estimate of drug-likeness (QED) is 0.819. The molecule has 1 aromatic rings. The first-order valence-electron chi connectivity index (χ1n) is 8.15. The number of aromatic nitrogens is 1. The van der Waals surface area contributed by atoms with E-state index in [4.69, 9.17) is 0 Å². The van der Waals surface area contributed by atoms with Gasteiger partial charge in [-0.05, 0) is 80.1 Å². The fourth-order valence-corrected chi connectivity index (χ4v) is 3.32. The van der Waals surface area contributed by atoms with Gasteiger partial charge in [0.15, 0.2) is 0 Å². The minimum atomic E-state index is 0.500. The van der Waals surface area contributed by atoms with Gasteiger partial charge in [-0.25, -0.2) is 0 Å². The average Bonchev–Trinajstić information content (AvgIpc) is 2.44. The molecule has 2 rings (SSSR count). The molecule has 0 radical (unpaired) electrons. The van der Waals surface area contributed by atoms with Crippen LogP contribution in [0.1, 0.15) is 52.0 Å². The summed E-state index contributed by atoms with van der Waals surface area (Å²) in [6.07, 6.45) is 10.5. The number of rotatable bonds is 5. The van der Waals surface area contributed by atoms with Crippen molar-refractivity contribution in [3.63, 3.8) is 0 Å². The molecule has 2 heteroatoms. The van der Waals surface area contributed by atoms with Gasteiger partial charge in [-0.2, -0.15) is 0 Å². The van der Waals surface area contributed by atoms with Gasteiger partial charge in [-0.15, -0.1) is 0 Å². The zero-order valence-electron chi connectivity index (χ0n) is 13.4. The van der Waals surface area contributed by atoms with Crippen LogP contribution in [0.3, 0.4) is 0 Å². The topological polar surface area (TPSA) is 24.9 Å². The summed E-state index contributed by atoms with van der Waals surface area (Å²) in [7, 11) is 0. The number of pyridine rings is 1. The molecular formula is C18H30N2. The predicted molar refractivity (Wildman–Crippen MR) is 85.7 cm³/mol. The molecule has 1 aliphatic carbocycles. The lowest BCUT2D eigenvalue weighted by Crippen LogP contribution is -2.31. The molecule has 1 N–H and O–H groups in total. The normalized spacial score (nSPS) is 23.8. The average molecular weight is 274 g/mol. The van der Waals surface area contributed by atoms with E-state index < -0.39 is 0 Å². The SMILES string of the molecule is CC(C)(C)C1CCC(CNCCc2ccncc2)CC1. The van der Waals surface area contributed by atoms with E-state index in [-0.39, 0.29) is 0 Å². The Morgan fingerprint density at radius 2 is 1.75 bits per heavy atom. The Morgan fingerprint density at radius 3 is 2.35 bits per heavy atom. The molecule has 1 heterocycles. The fraction of sp³-hybridized carbons (Fsp3) is 0.722. The molecule has 1 fully saturated rings. The van der Waals surface area contributed by atoms with E-state index in [2.05, 4.69) is 43.2 Å². The molecule has 0 spiro atoms. The first-order chi connectivity index (χ1) is 9.55. The van der Waals surface area contributed by atoms with Crippen molar-refractivity contribution < 1.29 is 0 Å². The lowest BCUT2D eigenvalue weighted by molar-refractivity contribution is 0.149.